The van der Waals surface area contributed by atoms with E-state index in [1.165, 1.54) is 18.2 Å². The number of fused-ring (bicyclic) bond motifs is 1. The van der Waals surface area contributed by atoms with E-state index in [0.29, 0.717) is 0 Å². The number of benzene rings is 1. The Balaban J connectivity index is 2.59. The quantitative estimate of drug-likeness (QED) is 0.756. The van der Waals surface area contributed by atoms with Crippen molar-refractivity contribution in [1.29, 1.82) is 0 Å². The number of anilines is 1. The Labute approximate surface area is 93.6 Å². The molecule has 1 aromatic carbocycles. The van der Waals surface area contributed by atoms with Crippen LogP contribution in [0.15, 0.2) is 30.4 Å². The van der Waals surface area contributed by atoms with Gasteiger partial charge in [0, 0.05) is 5.56 Å². The SMILES string of the molecule is O=C1C=CC(=O)c2c(NS(=O)O)cccc21. The molecule has 16 heavy (non-hydrogen) atoms. The number of hydrogen-bond acceptors (Lipinski definition) is 3. The molecular weight excluding hydrogens is 230 g/mol. The Bertz CT molecular complexity index is 536. The van der Waals surface area contributed by atoms with E-state index in [1.54, 1.807) is 6.07 Å². The van der Waals surface area contributed by atoms with E-state index in [1.807, 2.05) is 0 Å². The molecule has 0 radical (unpaired) electrons. The standard InChI is InChI=1S/C10H7NO4S/c12-8-4-5-9(13)10-6(8)2-1-3-7(10)11-16(14)15/h1-5,11H,(H,14,15). The van der Waals surface area contributed by atoms with Gasteiger partial charge in [-0.05, 0) is 18.2 Å². The van der Waals surface area contributed by atoms with Gasteiger partial charge >= 0.3 is 0 Å². The van der Waals surface area contributed by atoms with Gasteiger partial charge in [-0.15, -0.1) is 0 Å². The Morgan fingerprint density at radius 3 is 2.50 bits per heavy atom. The number of hydrogen-bond donors (Lipinski definition) is 2. The lowest BCUT2D eigenvalue weighted by Crippen LogP contribution is -2.15. The number of allylic oxidation sites excluding steroid dienone is 2. The van der Waals surface area contributed by atoms with Crippen molar-refractivity contribution in [2.75, 3.05) is 4.72 Å². The van der Waals surface area contributed by atoms with E-state index in [-0.39, 0.29) is 28.4 Å². The van der Waals surface area contributed by atoms with Crippen molar-refractivity contribution in [3.8, 4) is 0 Å². The van der Waals surface area contributed by atoms with Crippen LogP contribution < -0.4 is 4.72 Å². The third-order valence-electron chi connectivity index (χ3n) is 2.16. The predicted octanol–water partition coefficient (Wildman–Crippen LogP) is 1.17. The first-order valence-electron chi connectivity index (χ1n) is 4.37. The second kappa shape index (κ2) is 3.99. The van der Waals surface area contributed by atoms with Gasteiger partial charge in [0.1, 0.15) is 0 Å². The third-order valence-corrected chi connectivity index (χ3v) is 2.55. The van der Waals surface area contributed by atoms with Crippen LogP contribution in [0.1, 0.15) is 20.7 Å². The van der Waals surface area contributed by atoms with Crippen LogP contribution >= 0.6 is 0 Å². The number of nitrogens with one attached hydrogen (secondary N) is 1. The van der Waals surface area contributed by atoms with Gasteiger partial charge in [-0.1, -0.05) is 12.1 Å². The van der Waals surface area contributed by atoms with Crippen molar-refractivity contribution in [3.05, 3.63) is 41.5 Å². The molecule has 1 aromatic rings. The summed E-state index contributed by atoms with van der Waals surface area (Å²) < 4.78 is 21.5. The lowest BCUT2D eigenvalue weighted by atomic mass is 9.93. The fourth-order valence-electron chi connectivity index (χ4n) is 1.53. The van der Waals surface area contributed by atoms with Crippen LogP contribution in [0.25, 0.3) is 0 Å². The highest BCUT2D eigenvalue weighted by molar-refractivity contribution is 7.80. The zero-order valence-corrected chi connectivity index (χ0v) is 8.78. The minimum Gasteiger partial charge on any atom is -0.289 e. The van der Waals surface area contributed by atoms with Crippen molar-refractivity contribution in [3.63, 3.8) is 0 Å². The molecule has 0 amide bonds. The Morgan fingerprint density at radius 2 is 1.81 bits per heavy atom. The van der Waals surface area contributed by atoms with Gasteiger partial charge in [0.25, 0.3) is 11.3 Å². The topological polar surface area (TPSA) is 83.5 Å². The highest BCUT2D eigenvalue weighted by Gasteiger charge is 2.22. The van der Waals surface area contributed by atoms with Crippen LogP contribution in [0.4, 0.5) is 5.69 Å². The van der Waals surface area contributed by atoms with E-state index in [4.69, 9.17) is 4.55 Å². The second-order valence-electron chi connectivity index (χ2n) is 3.14. The monoisotopic (exact) mass is 237 g/mol. The van der Waals surface area contributed by atoms with Crippen LogP contribution in [-0.2, 0) is 11.3 Å². The van der Waals surface area contributed by atoms with Crippen LogP contribution in [0, 0.1) is 0 Å². The van der Waals surface area contributed by atoms with Crippen molar-refractivity contribution in [2.24, 2.45) is 0 Å². The van der Waals surface area contributed by atoms with Crippen molar-refractivity contribution in [2.45, 2.75) is 0 Å². The van der Waals surface area contributed by atoms with Gasteiger partial charge in [0.05, 0.1) is 11.3 Å². The van der Waals surface area contributed by atoms with Gasteiger partial charge in [-0.25, -0.2) is 4.21 Å². The van der Waals surface area contributed by atoms with Gasteiger partial charge in [0.2, 0.25) is 0 Å². The number of carbonyl (C=O) groups excluding carboxylic acids is 2. The summed E-state index contributed by atoms with van der Waals surface area (Å²) >= 11 is -2.28. The molecule has 0 saturated carbocycles. The molecule has 0 fully saturated rings. The van der Waals surface area contributed by atoms with Crippen LogP contribution in [-0.4, -0.2) is 20.3 Å². The highest BCUT2D eigenvalue weighted by Crippen LogP contribution is 2.25. The molecule has 1 unspecified atom stereocenters. The molecular formula is C10H7NO4S. The largest absolute Gasteiger partial charge is 0.289 e. The fourth-order valence-corrected chi connectivity index (χ4v) is 1.88. The molecule has 2 N–H and O–H groups in total. The summed E-state index contributed by atoms with van der Waals surface area (Å²) in [6, 6.07) is 4.51. The lowest BCUT2D eigenvalue weighted by molar-refractivity contribution is 0.0994. The van der Waals surface area contributed by atoms with E-state index < -0.39 is 11.3 Å². The maximum Gasteiger partial charge on any atom is 0.259 e. The molecule has 0 bridgehead atoms. The van der Waals surface area contributed by atoms with Crippen molar-refractivity contribution >= 4 is 28.5 Å². The molecule has 5 nitrogen and oxygen atoms in total. The first-order valence-corrected chi connectivity index (χ1v) is 5.47. The molecule has 1 aliphatic carbocycles. The minimum absolute atomic E-state index is 0.136. The molecule has 1 atom stereocenters. The molecule has 82 valence electrons. The van der Waals surface area contributed by atoms with Crippen LogP contribution in [0.2, 0.25) is 0 Å². The first kappa shape index (κ1) is 10.7. The summed E-state index contributed by atoms with van der Waals surface area (Å²) in [7, 11) is 0. The van der Waals surface area contributed by atoms with Gasteiger partial charge in [0.15, 0.2) is 11.6 Å². The highest BCUT2D eigenvalue weighted by atomic mass is 32.2. The smallest absolute Gasteiger partial charge is 0.259 e. The van der Waals surface area contributed by atoms with Gasteiger partial charge in [-0.2, -0.15) is 0 Å². The molecule has 2 rings (SSSR count). The summed E-state index contributed by atoms with van der Waals surface area (Å²) in [5, 5.41) is 0. The number of carbonyl (C=O) groups is 2. The third kappa shape index (κ3) is 1.80. The number of rotatable bonds is 2. The van der Waals surface area contributed by atoms with E-state index in [0.717, 1.165) is 6.08 Å². The summed E-state index contributed by atoms with van der Waals surface area (Å²) in [5.74, 6) is -0.648. The Morgan fingerprint density at radius 1 is 1.12 bits per heavy atom. The molecule has 0 saturated heterocycles. The Kier molecular flexibility index (Phi) is 2.67. The average Bonchev–Trinajstić information content (AvgIpc) is 2.23. The molecule has 6 heteroatoms. The van der Waals surface area contributed by atoms with E-state index in [9.17, 15) is 13.8 Å². The summed E-state index contributed by atoms with van der Waals surface area (Å²) in [6.45, 7) is 0. The van der Waals surface area contributed by atoms with E-state index >= 15 is 0 Å². The lowest BCUT2D eigenvalue weighted by Gasteiger charge is -2.13. The predicted molar refractivity (Wildman–Crippen MR) is 58.6 cm³/mol. The van der Waals surface area contributed by atoms with E-state index in [2.05, 4.69) is 4.72 Å². The van der Waals surface area contributed by atoms with Crippen molar-refractivity contribution in [1.82, 2.24) is 0 Å². The summed E-state index contributed by atoms with van der Waals surface area (Å²) in [4.78, 5) is 23.0. The zero-order chi connectivity index (χ0) is 11.7. The second-order valence-corrected chi connectivity index (χ2v) is 3.84. The Hall–Kier alpha value is -1.79. The molecule has 0 heterocycles. The zero-order valence-electron chi connectivity index (χ0n) is 7.97. The first-order chi connectivity index (χ1) is 7.59. The maximum absolute atomic E-state index is 11.6. The van der Waals surface area contributed by atoms with Gasteiger partial charge in [-0.3, -0.25) is 18.9 Å². The molecule has 0 aliphatic heterocycles. The molecule has 1 aliphatic rings. The fraction of sp³-hybridized carbons (Fsp3) is 0. The molecule has 0 aromatic heterocycles. The number of ketones is 2. The van der Waals surface area contributed by atoms with Gasteiger partial charge < -0.3 is 0 Å². The summed E-state index contributed by atoms with van der Waals surface area (Å²) in [5.41, 5.74) is 0.557. The average molecular weight is 237 g/mol. The van der Waals surface area contributed by atoms with Crippen LogP contribution in [0.3, 0.4) is 0 Å². The molecule has 0 spiro atoms. The maximum atomic E-state index is 11.6. The minimum atomic E-state index is -2.28. The normalized spacial score (nSPS) is 15.8. The van der Waals surface area contributed by atoms with Crippen molar-refractivity contribution < 1.29 is 18.4 Å². The van der Waals surface area contributed by atoms with Crippen LogP contribution in [0.5, 0.6) is 0 Å². The summed E-state index contributed by atoms with van der Waals surface area (Å²) in [6.07, 6.45) is 2.33.